The molecule has 0 saturated heterocycles. The summed E-state index contributed by atoms with van der Waals surface area (Å²) in [5.41, 5.74) is 1.60. The van der Waals surface area contributed by atoms with Gasteiger partial charge in [-0.1, -0.05) is 58.5 Å². The molecule has 0 bridgehead atoms. The van der Waals surface area contributed by atoms with Crippen molar-refractivity contribution in [3.05, 3.63) is 67.6 Å². The van der Waals surface area contributed by atoms with E-state index >= 15 is 0 Å². The average Bonchev–Trinajstić information content (AvgIpc) is 2.50. The Morgan fingerprint density at radius 2 is 1.61 bits per heavy atom. The van der Waals surface area contributed by atoms with Gasteiger partial charge in [-0.25, -0.2) is 0 Å². The van der Waals surface area contributed by atoms with Crippen LogP contribution >= 0.6 is 46.4 Å². The molecule has 0 aliphatic heterocycles. The molecule has 0 unspecified atom stereocenters. The molecule has 0 N–H and O–H groups in total. The van der Waals surface area contributed by atoms with Crippen molar-refractivity contribution in [1.82, 2.24) is 0 Å². The number of rotatable bonds is 5. The zero-order valence-electron chi connectivity index (χ0n) is 12.3. The van der Waals surface area contributed by atoms with Gasteiger partial charge in [0.25, 0.3) is 0 Å². The lowest BCUT2D eigenvalue weighted by atomic mass is 9.92. The first-order valence-corrected chi connectivity index (χ1v) is 8.40. The molecule has 0 fully saturated rings. The molecule has 2 rings (SSSR count). The van der Waals surface area contributed by atoms with Crippen LogP contribution in [0.1, 0.15) is 23.5 Å². The molecule has 0 aliphatic carbocycles. The molecule has 0 amide bonds. The highest BCUT2D eigenvalue weighted by atomic mass is 35.5. The van der Waals surface area contributed by atoms with Gasteiger partial charge in [-0.05, 0) is 48.2 Å². The summed E-state index contributed by atoms with van der Waals surface area (Å²) >= 11 is 24.2. The maximum atomic E-state index is 12.1. The Bertz CT molecular complexity index is 716. The third kappa shape index (κ3) is 4.77. The Hall–Kier alpha value is -0.930. The molecule has 0 spiro atoms. The summed E-state index contributed by atoms with van der Waals surface area (Å²) in [6, 6.07) is 10.4. The molecule has 2 aromatic carbocycles. The molecule has 0 aromatic heterocycles. The minimum absolute atomic E-state index is 0.348. The van der Waals surface area contributed by atoms with Crippen LogP contribution in [0.4, 0.5) is 0 Å². The second kappa shape index (κ2) is 8.25. The molecular formula is C17H14Cl4O2. The lowest BCUT2D eigenvalue weighted by Crippen LogP contribution is -2.15. The van der Waals surface area contributed by atoms with E-state index in [1.807, 2.05) is 6.07 Å². The minimum atomic E-state index is -0.489. The fourth-order valence-electron chi connectivity index (χ4n) is 2.35. The smallest absolute Gasteiger partial charge is 0.313 e. The number of carbonyl (C=O) groups excluding carboxylic acids is 1. The second-order valence-corrected chi connectivity index (χ2v) is 6.70. The Morgan fingerprint density at radius 1 is 1.00 bits per heavy atom. The van der Waals surface area contributed by atoms with Crippen LogP contribution in [0.5, 0.6) is 0 Å². The van der Waals surface area contributed by atoms with Gasteiger partial charge in [-0.3, -0.25) is 4.79 Å². The quantitative estimate of drug-likeness (QED) is 0.568. The van der Waals surface area contributed by atoms with Gasteiger partial charge in [0.05, 0.1) is 13.0 Å². The molecule has 2 aromatic rings. The predicted octanol–water partition coefficient (Wildman–Crippen LogP) is 6.19. The Balaban J connectivity index is 2.24. The van der Waals surface area contributed by atoms with Crippen molar-refractivity contribution in [1.29, 1.82) is 0 Å². The van der Waals surface area contributed by atoms with Gasteiger partial charge in [0.15, 0.2) is 0 Å². The van der Waals surface area contributed by atoms with E-state index in [4.69, 9.17) is 51.1 Å². The average molecular weight is 392 g/mol. The number of hydrogen-bond donors (Lipinski definition) is 0. The molecule has 1 atom stereocenters. The maximum absolute atomic E-state index is 12.1. The van der Waals surface area contributed by atoms with Crippen LogP contribution < -0.4 is 0 Å². The Labute approximate surface area is 155 Å². The molecule has 6 heteroatoms. The number of methoxy groups -OCH3 is 1. The van der Waals surface area contributed by atoms with Gasteiger partial charge in [-0.2, -0.15) is 0 Å². The zero-order valence-corrected chi connectivity index (χ0v) is 15.3. The van der Waals surface area contributed by atoms with Crippen LogP contribution in [-0.4, -0.2) is 13.1 Å². The molecule has 0 aliphatic rings. The van der Waals surface area contributed by atoms with Crippen molar-refractivity contribution in [3.8, 4) is 0 Å². The van der Waals surface area contributed by atoms with Crippen molar-refractivity contribution in [2.75, 3.05) is 7.11 Å². The van der Waals surface area contributed by atoms with E-state index < -0.39 is 5.92 Å². The Morgan fingerprint density at radius 3 is 2.17 bits per heavy atom. The lowest BCUT2D eigenvalue weighted by Gasteiger charge is -2.17. The number of hydrogen-bond acceptors (Lipinski definition) is 2. The molecule has 0 radical (unpaired) electrons. The van der Waals surface area contributed by atoms with Gasteiger partial charge >= 0.3 is 5.97 Å². The molecule has 0 heterocycles. The summed E-state index contributed by atoms with van der Waals surface area (Å²) in [6.45, 7) is 0. The van der Waals surface area contributed by atoms with Gasteiger partial charge in [0.1, 0.15) is 0 Å². The lowest BCUT2D eigenvalue weighted by molar-refractivity contribution is -0.142. The summed E-state index contributed by atoms with van der Waals surface area (Å²) < 4.78 is 4.91. The standard InChI is InChI=1S/C17H14Cl4O2/c1-23-17(22)14(13-7-5-12(19)9-16(13)21)6-3-10-2-4-11(18)8-15(10)20/h2,4-5,7-9,14H,3,6H2,1H3/t14-/m1/s1. The highest BCUT2D eigenvalue weighted by Gasteiger charge is 2.24. The summed E-state index contributed by atoms with van der Waals surface area (Å²) in [5.74, 6) is -0.837. The summed E-state index contributed by atoms with van der Waals surface area (Å²) in [7, 11) is 1.36. The van der Waals surface area contributed by atoms with E-state index in [0.29, 0.717) is 38.5 Å². The molecule has 122 valence electrons. The SMILES string of the molecule is COC(=O)[C@H](CCc1ccc(Cl)cc1Cl)c1ccc(Cl)cc1Cl. The summed E-state index contributed by atoms with van der Waals surface area (Å²) in [5, 5.41) is 2.10. The zero-order chi connectivity index (χ0) is 17.0. The normalized spacial score (nSPS) is 12.0. The second-order valence-electron chi connectivity index (χ2n) is 5.02. The van der Waals surface area contributed by atoms with Gasteiger partial charge in [-0.15, -0.1) is 0 Å². The largest absolute Gasteiger partial charge is 0.469 e. The highest BCUT2D eigenvalue weighted by molar-refractivity contribution is 6.35. The molecule has 23 heavy (non-hydrogen) atoms. The van der Waals surface area contributed by atoms with Crippen molar-refractivity contribution < 1.29 is 9.53 Å². The fraction of sp³-hybridized carbons (Fsp3) is 0.235. The van der Waals surface area contributed by atoms with Gasteiger partial charge < -0.3 is 4.74 Å². The highest BCUT2D eigenvalue weighted by Crippen LogP contribution is 2.32. The fourth-order valence-corrected chi connectivity index (χ4v) is 3.39. The number of ether oxygens (including phenoxy) is 1. The van der Waals surface area contributed by atoms with Crippen LogP contribution in [0.3, 0.4) is 0 Å². The van der Waals surface area contributed by atoms with Crippen molar-refractivity contribution in [2.24, 2.45) is 0 Å². The topological polar surface area (TPSA) is 26.3 Å². The van der Waals surface area contributed by atoms with E-state index in [0.717, 1.165) is 5.56 Å². The van der Waals surface area contributed by atoms with Crippen molar-refractivity contribution in [3.63, 3.8) is 0 Å². The van der Waals surface area contributed by atoms with E-state index in [1.165, 1.54) is 7.11 Å². The number of benzene rings is 2. The van der Waals surface area contributed by atoms with Crippen LogP contribution in [0.25, 0.3) is 0 Å². The monoisotopic (exact) mass is 390 g/mol. The summed E-state index contributed by atoms with van der Waals surface area (Å²) in [6.07, 6.45) is 1.10. The first-order valence-electron chi connectivity index (χ1n) is 6.89. The van der Waals surface area contributed by atoms with E-state index in [1.54, 1.807) is 30.3 Å². The van der Waals surface area contributed by atoms with E-state index in [9.17, 15) is 4.79 Å². The maximum Gasteiger partial charge on any atom is 0.313 e. The molecular weight excluding hydrogens is 378 g/mol. The van der Waals surface area contributed by atoms with Crippen LogP contribution in [0.15, 0.2) is 36.4 Å². The minimum Gasteiger partial charge on any atom is -0.469 e. The van der Waals surface area contributed by atoms with E-state index in [2.05, 4.69) is 0 Å². The molecule has 0 saturated carbocycles. The van der Waals surface area contributed by atoms with Crippen LogP contribution in [-0.2, 0) is 16.0 Å². The number of aryl methyl sites for hydroxylation is 1. The number of halogens is 4. The first-order chi connectivity index (χ1) is 10.9. The summed E-state index contributed by atoms with van der Waals surface area (Å²) in [4.78, 5) is 12.1. The first kappa shape index (κ1) is 18.4. The van der Waals surface area contributed by atoms with Gasteiger partial charge in [0, 0.05) is 20.1 Å². The van der Waals surface area contributed by atoms with Gasteiger partial charge in [0.2, 0.25) is 0 Å². The van der Waals surface area contributed by atoms with Crippen molar-refractivity contribution in [2.45, 2.75) is 18.8 Å². The van der Waals surface area contributed by atoms with Crippen LogP contribution in [0.2, 0.25) is 20.1 Å². The van der Waals surface area contributed by atoms with Crippen molar-refractivity contribution >= 4 is 52.4 Å². The third-order valence-electron chi connectivity index (χ3n) is 3.54. The third-order valence-corrected chi connectivity index (χ3v) is 4.69. The number of carbonyl (C=O) groups is 1. The number of esters is 1. The van der Waals surface area contributed by atoms with E-state index in [-0.39, 0.29) is 5.97 Å². The van der Waals surface area contributed by atoms with Crippen LogP contribution in [0, 0.1) is 0 Å². The molecule has 2 nitrogen and oxygen atoms in total. The predicted molar refractivity (Wildman–Crippen MR) is 96.0 cm³/mol. The Kier molecular flexibility index (Phi) is 6.60.